The van der Waals surface area contributed by atoms with Gasteiger partial charge in [0.1, 0.15) is 73.0 Å². The van der Waals surface area contributed by atoms with Gasteiger partial charge in [0.25, 0.3) is 0 Å². The van der Waals surface area contributed by atoms with Gasteiger partial charge in [0.05, 0.1) is 18.8 Å². The summed E-state index contributed by atoms with van der Waals surface area (Å²) >= 11 is 0. The Bertz CT molecular complexity index is 3640. The number of aromatic amines is 1. The molecule has 109 heavy (non-hydrogen) atoms. The molecule has 0 bridgehead atoms. The Morgan fingerprint density at radius 1 is 0.440 bits per heavy atom. The topological polar surface area (TPSA) is 567 Å². The van der Waals surface area contributed by atoms with Crippen molar-refractivity contribution in [3.63, 3.8) is 0 Å². The Balaban J connectivity index is 1.60. The van der Waals surface area contributed by atoms with E-state index in [4.69, 9.17) is 0 Å². The zero-order valence-electron chi connectivity index (χ0n) is 62.8. The summed E-state index contributed by atoms with van der Waals surface area (Å²) in [7, 11) is 0. The van der Waals surface area contributed by atoms with Crippen molar-refractivity contribution in [1.29, 1.82) is 0 Å². The summed E-state index contributed by atoms with van der Waals surface area (Å²) in [6.07, 6.45) is -3.17. The number of para-hydroxylation sites is 1. The van der Waals surface area contributed by atoms with Crippen molar-refractivity contribution < 1.29 is 107 Å². The number of carbonyl (C=O) groups is 16. The molecule has 20 N–H and O–H groups in total. The molecule has 2 heterocycles. The number of nitrogens with one attached hydrogen (secondary N) is 14. The van der Waals surface area contributed by atoms with Gasteiger partial charge >= 0.3 is 23.9 Å². The molecule has 14 atom stereocenters. The molecule has 602 valence electrons. The van der Waals surface area contributed by atoms with E-state index in [0.717, 1.165) is 6.92 Å². The van der Waals surface area contributed by atoms with E-state index in [9.17, 15) is 107 Å². The first-order chi connectivity index (χ1) is 51.4. The van der Waals surface area contributed by atoms with Crippen LogP contribution < -0.4 is 69.1 Å². The number of aliphatic hydroxyl groups excluding tert-OH is 2. The maximum absolute atomic E-state index is 14.7. The summed E-state index contributed by atoms with van der Waals surface area (Å²) in [4.78, 5) is 220. The van der Waals surface area contributed by atoms with Crippen molar-refractivity contribution in [3.8, 4) is 0 Å². The smallest absolute Gasteiger partial charge is 0.322 e. The normalized spacial score (nSPS) is 16.3. The average Bonchev–Trinajstić information content (AvgIpc) is 1.77. The van der Waals surface area contributed by atoms with Crippen molar-refractivity contribution in [2.75, 3.05) is 19.7 Å². The molecule has 0 saturated carbocycles. The van der Waals surface area contributed by atoms with E-state index in [2.05, 4.69) is 74.1 Å². The lowest BCUT2D eigenvalue weighted by Gasteiger charge is -2.29. The van der Waals surface area contributed by atoms with Gasteiger partial charge in [0.2, 0.25) is 70.9 Å². The summed E-state index contributed by atoms with van der Waals surface area (Å²) in [5.74, 6) is -19.1. The standard InChI is InChI=1S/C73H108N14O22/c1-10-40(8)60(72(108)76-35-59(96)97)86-70(106)54(33-43-34-75-45-20-15-14-19-44(43)45)83-64(100)48(23-26-57(92)93)79-71(107)55(36-88)85-68(104)52(31-39(6)7)82-69(105)53(32-42-17-12-11-13-18-42)84-73(109)61(41(9)89)87-65(101)49(24-27-58(94)95)78-66(102)50(29-37(2)3)81-67(103)51(30-38(4)5)80-63(99)47(22-25-56(90)91)77-62(98)46-21-16-28-74-46/h11-15,17-20,34,37-41,46-55,60-61,74-75,88-89H,10,16,21-33,35-36H2,1-9H3,(H,76,108)(H,77,98)(H,78,102)(H,79,107)(H,80,99)(H,81,103)(H,82,105)(H,83,100)(H,84,109)(H,85,104)(H,86,106)(H,87,101)(H,90,91)(H,92,93)(H,94,95)(H,96,97)/t40-,41+,46-,47-,48-,49-,50-,51-,52-,53-,54-,55-,60-,61-/m0/s1. The monoisotopic (exact) mass is 1530 g/mol. The highest BCUT2D eigenvalue weighted by atomic mass is 16.4. The molecule has 0 spiro atoms. The molecule has 1 aliphatic heterocycles. The largest absolute Gasteiger partial charge is 0.481 e. The molecule has 12 amide bonds. The molecule has 2 aromatic carbocycles. The number of amides is 12. The average molecular weight is 1530 g/mol. The third kappa shape index (κ3) is 31.2. The molecular weight excluding hydrogens is 1420 g/mol. The lowest BCUT2D eigenvalue weighted by Crippen LogP contribution is -2.62. The van der Waals surface area contributed by atoms with Gasteiger partial charge in [-0.05, 0) is 106 Å². The molecule has 1 aromatic heterocycles. The molecule has 1 aliphatic rings. The SMILES string of the molecule is CC[C@H](C)[C@H](NC(=O)[C@H](Cc1c[nH]c2ccccc12)NC(=O)[C@H](CCC(=O)O)NC(=O)[C@H](CO)NC(=O)[C@H](CC(C)C)NC(=O)[C@H](Cc1ccccc1)NC(=O)[C@@H](NC(=O)[C@H](CCC(=O)O)NC(=O)[C@H](CC(C)C)NC(=O)[C@H](CC(C)C)NC(=O)[C@H](CCC(=O)O)NC(=O)[C@@H]1CCCN1)[C@@H](C)O)C(=O)NCC(=O)O. The lowest BCUT2D eigenvalue weighted by molar-refractivity contribution is -0.140. The first-order valence-corrected chi connectivity index (χ1v) is 36.5. The Kier molecular flexibility index (Phi) is 37.7. The third-order valence-electron chi connectivity index (χ3n) is 18.0. The summed E-state index contributed by atoms with van der Waals surface area (Å²) in [6, 6.07) is -3.44. The Hall–Kier alpha value is -10.6. The first-order valence-electron chi connectivity index (χ1n) is 36.5. The Morgan fingerprint density at radius 2 is 0.835 bits per heavy atom. The number of carboxylic acid groups (broad SMARTS) is 4. The third-order valence-corrected chi connectivity index (χ3v) is 18.0. The van der Waals surface area contributed by atoms with Crippen LogP contribution in [0.4, 0.5) is 0 Å². The van der Waals surface area contributed by atoms with Crippen LogP contribution in [0.5, 0.6) is 0 Å². The zero-order chi connectivity index (χ0) is 81.4. The Labute approximate surface area is 630 Å². The number of aromatic nitrogens is 1. The minimum Gasteiger partial charge on any atom is -0.481 e. The fraction of sp³-hybridized carbons (Fsp3) is 0.589. The highest BCUT2D eigenvalue weighted by molar-refractivity contribution is 6.00. The first kappa shape index (κ1) is 90.8. The molecule has 1 fully saturated rings. The molecule has 36 nitrogen and oxygen atoms in total. The highest BCUT2D eigenvalue weighted by Crippen LogP contribution is 2.21. The van der Waals surface area contributed by atoms with Crippen molar-refractivity contribution >= 4 is 106 Å². The van der Waals surface area contributed by atoms with E-state index in [1.54, 1.807) is 116 Å². The van der Waals surface area contributed by atoms with Crippen LogP contribution in [0, 0.1) is 23.7 Å². The van der Waals surface area contributed by atoms with Crippen LogP contribution in [-0.2, 0) is 89.6 Å². The quantitative estimate of drug-likeness (QED) is 0.0302. The number of rotatable bonds is 48. The number of benzene rings is 2. The van der Waals surface area contributed by atoms with E-state index in [0.29, 0.717) is 47.8 Å². The van der Waals surface area contributed by atoms with Gasteiger partial charge in [-0.3, -0.25) is 76.7 Å². The number of fused-ring (bicyclic) bond motifs is 1. The fourth-order valence-corrected chi connectivity index (χ4v) is 11.9. The van der Waals surface area contributed by atoms with Crippen LogP contribution in [0.2, 0.25) is 0 Å². The molecule has 0 radical (unpaired) electrons. The van der Waals surface area contributed by atoms with Crippen molar-refractivity contribution in [1.82, 2.24) is 74.1 Å². The number of aliphatic hydroxyl groups is 2. The van der Waals surface area contributed by atoms with E-state index >= 15 is 0 Å². The van der Waals surface area contributed by atoms with E-state index < -0.39 is 230 Å². The number of H-pyrrole nitrogens is 1. The van der Waals surface area contributed by atoms with Crippen LogP contribution >= 0.6 is 0 Å². The van der Waals surface area contributed by atoms with Gasteiger partial charge in [-0.15, -0.1) is 0 Å². The molecule has 36 heteroatoms. The van der Waals surface area contributed by atoms with Crippen molar-refractivity contribution in [3.05, 3.63) is 71.9 Å². The van der Waals surface area contributed by atoms with Crippen LogP contribution in [0.15, 0.2) is 60.8 Å². The second-order valence-electron chi connectivity index (χ2n) is 28.5. The van der Waals surface area contributed by atoms with Gasteiger partial charge in [-0.2, -0.15) is 0 Å². The number of carbonyl (C=O) groups excluding carboxylic acids is 12. The van der Waals surface area contributed by atoms with Crippen LogP contribution in [0.25, 0.3) is 10.9 Å². The summed E-state index contributed by atoms with van der Waals surface area (Å²) in [5.41, 5.74) is 1.58. The van der Waals surface area contributed by atoms with E-state index in [1.165, 1.54) is 0 Å². The van der Waals surface area contributed by atoms with Gasteiger partial charge in [0, 0.05) is 49.2 Å². The Morgan fingerprint density at radius 3 is 1.28 bits per heavy atom. The van der Waals surface area contributed by atoms with Crippen molar-refractivity contribution in [2.24, 2.45) is 23.7 Å². The fourth-order valence-electron chi connectivity index (χ4n) is 11.9. The number of hydrogen-bond acceptors (Lipinski definition) is 19. The van der Waals surface area contributed by atoms with E-state index in [1.807, 2.05) is 0 Å². The van der Waals surface area contributed by atoms with Crippen LogP contribution in [-0.4, -0.2) is 229 Å². The maximum Gasteiger partial charge on any atom is 0.322 e. The van der Waals surface area contributed by atoms with E-state index in [-0.39, 0.29) is 50.4 Å². The summed E-state index contributed by atoms with van der Waals surface area (Å²) in [6.45, 7) is 13.3. The van der Waals surface area contributed by atoms with Gasteiger partial charge in [-0.25, -0.2) is 0 Å². The number of carboxylic acids is 4. The van der Waals surface area contributed by atoms with Gasteiger partial charge in [0.15, 0.2) is 0 Å². The van der Waals surface area contributed by atoms with Gasteiger partial charge < -0.3 is 105 Å². The summed E-state index contributed by atoms with van der Waals surface area (Å²) in [5, 5.41) is 93.4. The second-order valence-corrected chi connectivity index (χ2v) is 28.5. The molecule has 1 saturated heterocycles. The zero-order valence-corrected chi connectivity index (χ0v) is 62.8. The minimum atomic E-state index is -1.97. The summed E-state index contributed by atoms with van der Waals surface area (Å²) < 4.78 is 0. The second kappa shape index (κ2) is 45.3. The number of aliphatic carboxylic acids is 4. The minimum absolute atomic E-state index is 0.0150. The van der Waals surface area contributed by atoms with Crippen LogP contribution in [0.1, 0.15) is 150 Å². The van der Waals surface area contributed by atoms with Crippen LogP contribution in [0.3, 0.4) is 0 Å². The maximum atomic E-state index is 14.7. The predicted octanol–water partition coefficient (Wildman–Crippen LogP) is -1.61. The highest BCUT2D eigenvalue weighted by Gasteiger charge is 2.39. The van der Waals surface area contributed by atoms with Gasteiger partial charge in [-0.1, -0.05) is 110 Å². The molecule has 0 unspecified atom stereocenters. The predicted molar refractivity (Wildman–Crippen MR) is 392 cm³/mol. The molecular formula is C73H108N14O22. The molecule has 3 aromatic rings. The number of hydrogen-bond donors (Lipinski definition) is 20. The molecule has 0 aliphatic carbocycles. The lowest BCUT2D eigenvalue weighted by atomic mass is 9.97. The molecule has 4 rings (SSSR count). The van der Waals surface area contributed by atoms with Crippen molar-refractivity contribution in [2.45, 2.75) is 231 Å².